The van der Waals surface area contributed by atoms with Crippen molar-refractivity contribution in [2.75, 3.05) is 0 Å². The van der Waals surface area contributed by atoms with Crippen LogP contribution in [-0.2, 0) is 6.61 Å². The second-order valence-electron chi connectivity index (χ2n) is 6.64. The van der Waals surface area contributed by atoms with Gasteiger partial charge < -0.3 is 4.74 Å². The number of ether oxygens (including phenoxy) is 1. The van der Waals surface area contributed by atoms with Crippen LogP contribution in [0.15, 0.2) is 70.2 Å². The van der Waals surface area contributed by atoms with Gasteiger partial charge in [0.15, 0.2) is 0 Å². The maximum absolute atomic E-state index is 12.3. The van der Waals surface area contributed by atoms with Gasteiger partial charge in [0.05, 0.1) is 16.8 Å². The van der Waals surface area contributed by atoms with E-state index in [0.717, 1.165) is 21.2 Å². The van der Waals surface area contributed by atoms with Gasteiger partial charge in [-0.05, 0) is 55.3 Å². The number of carbonyl (C=O) groups excluding carboxylic acids is 1. The molecule has 3 aromatic rings. The van der Waals surface area contributed by atoms with Gasteiger partial charge in [0.25, 0.3) is 5.91 Å². The maximum Gasteiger partial charge on any atom is 0.272 e. The molecule has 1 amide bonds. The first-order chi connectivity index (χ1) is 13.9. The molecule has 0 saturated heterocycles. The molecule has 3 rings (SSSR count). The van der Waals surface area contributed by atoms with Crippen LogP contribution in [0.3, 0.4) is 0 Å². The lowest BCUT2D eigenvalue weighted by Crippen LogP contribution is -2.18. The fourth-order valence-electron chi connectivity index (χ4n) is 2.62. The number of nitrogens with zero attached hydrogens (tertiary/aromatic N) is 1. The molecule has 3 aromatic carbocycles. The van der Waals surface area contributed by atoms with Gasteiger partial charge >= 0.3 is 0 Å². The second kappa shape index (κ2) is 9.72. The van der Waals surface area contributed by atoms with Crippen molar-refractivity contribution >= 4 is 39.7 Å². The molecule has 0 bridgehead atoms. The summed E-state index contributed by atoms with van der Waals surface area (Å²) in [5.74, 6) is 0.295. The highest BCUT2D eigenvalue weighted by atomic mass is 79.9. The van der Waals surface area contributed by atoms with E-state index in [1.165, 1.54) is 5.56 Å². The van der Waals surface area contributed by atoms with Gasteiger partial charge in [-0.1, -0.05) is 63.4 Å². The lowest BCUT2D eigenvalue weighted by Gasteiger charge is -2.10. The number of hydrogen-bond acceptors (Lipinski definition) is 3. The Hall–Kier alpha value is -2.63. The molecule has 0 aliphatic carbocycles. The molecule has 29 heavy (non-hydrogen) atoms. The number of rotatable bonds is 6. The maximum atomic E-state index is 12.3. The Morgan fingerprint density at radius 3 is 2.52 bits per heavy atom. The van der Waals surface area contributed by atoms with Crippen molar-refractivity contribution < 1.29 is 9.53 Å². The van der Waals surface area contributed by atoms with Crippen molar-refractivity contribution in [2.24, 2.45) is 5.10 Å². The molecule has 0 unspecified atom stereocenters. The average molecular weight is 472 g/mol. The smallest absolute Gasteiger partial charge is 0.272 e. The second-order valence-corrected chi connectivity index (χ2v) is 7.96. The Bertz CT molecular complexity index is 1050. The number of nitrogens with one attached hydrogen (secondary N) is 1. The molecule has 0 saturated carbocycles. The summed E-state index contributed by atoms with van der Waals surface area (Å²) in [4.78, 5) is 12.3. The van der Waals surface area contributed by atoms with Crippen molar-refractivity contribution in [1.29, 1.82) is 0 Å². The highest BCUT2D eigenvalue weighted by Crippen LogP contribution is 2.23. The molecular weight excluding hydrogens is 452 g/mol. The minimum Gasteiger partial charge on any atom is -0.488 e. The van der Waals surface area contributed by atoms with Crippen molar-refractivity contribution in [2.45, 2.75) is 20.5 Å². The Morgan fingerprint density at radius 1 is 1.07 bits per heavy atom. The molecule has 0 fully saturated rings. The summed E-state index contributed by atoms with van der Waals surface area (Å²) in [6, 6.07) is 19.0. The summed E-state index contributed by atoms with van der Waals surface area (Å²) >= 11 is 9.59. The van der Waals surface area contributed by atoms with Gasteiger partial charge in [-0.25, -0.2) is 5.43 Å². The fourth-order valence-corrected chi connectivity index (χ4v) is 3.32. The number of benzene rings is 3. The van der Waals surface area contributed by atoms with Crippen LogP contribution in [0.25, 0.3) is 0 Å². The number of carbonyl (C=O) groups is 1. The highest BCUT2D eigenvalue weighted by Gasteiger charge is 2.09. The Morgan fingerprint density at radius 2 is 1.79 bits per heavy atom. The number of hydrazone groups is 1. The third-order valence-electron chi connectivity index (χ3n) is 4.23. The first-order valence-corrected chi connectivity index (χ1v) is 10.2. The molecular formula is C23H20BrClN2O2. The Kier molecular flexibility index (Phi) is 7.07. The predicted octanol–water partition coefficient (Wildman–Crippen LogP) is 6.06. The highest BCUT2D eigenvalue weighted by molar-refractivity contribution is 9.10. The van der Waals surface area contributed by atoms with Crippen molar-refractivity contribution in [1.82, 2.24) is 5.43 Å². The summed E-state index contributed by atoms with van der Waals surface area (Å²) < 4.78 is 6.83. The third-order valence-corrected chi connectivity index (χ3v) is 5.03. The first kappa shape index (κ1) is 21.1. The third kappa shape index (κ3) is 5.92. The van der Waals surface area contributed by atoms with Crippen LogP contribution in [0.5, 0.6) is 5.75 Å². The van der Waals surface area contributed by atoms with Crippen LogP contribution in [0, 0.1) is 13.8 Å². The van der Waals surface area contributed by atoms with Crippen LogP contribution in [-0.4, -0.2) is 12.1 Å². The van der Waals surface area contributed by atoms with E-state index in [0.29, 0.717) is 22.9 Å². The van der Waals surface area contributed by atoms with Crippen LogP contribution < -0.4 is 10.2 Å². The van der Waals surface area contributed by atoms with Crippen LogP contribution >= 0.6 is 27.5 Å². The molecule has 0 aliphatic heterocycles. The summed E-state index contributed by atoms with van der Waals surface area (Å²) in [7, 11) is 0. The number of hydrogen-bond donors (Lipinski definition) is 1. The summed E-state index contributed by atoms with van der Waals surface area (Å²) in [5, 5.41) is 4.46. The van der Waals surface area contributed by atoms with Gasteiger partial charge in [-0.2, -0.15) is 5.10 Å². The SMILES string of the molecule is Cc1ccc(COc2ccc(Br)cc2/C=N\NC(=O)c2ccc(C)cc2Cl)cc1. The van der Waals surface area contributed by atoms with Crippen molar-refractivity contribution in [3.05, 3.63) is 98.0 Å². The zero-order valence-electron chi connectivity index (χ0n) is 16.1. The van der Waals surface area contributed by atoms with Gasteiger partial charge in [-0.15, -0.1) is 0 Å². The first-order valence-electron chi connectivity index (χ1n) is 9.00. The van der Waals surface area contributed by atoms with Gasteiger partial charge in [0.1, 0.15) is 12.4 Å². The molecule has 0 radical (unpaired) electrons. The van der Waals surface area contributed by atoms with Crippen LogP contribution in [0.2, 0.25) is 5.02 Å². The van der Waals surface area contributed by atoms with E-state index >= 15 is 0 Å². The van der Waals surface area contributed by atoms with E-state index in [1.807, 2.05) is 62.4 Å². The minimum absolute atomic E-state index is 0.372. The minimum atomic E-state index is -0.372. The molecule has 6 heteroatoms. The zero-order chi connectivity index (χ0) is 20.8. The number of halogens is 2. The van der Waals surface area contributed by atoms with Gasteiger partial charge in [-0.3, -0.25) is 4.79 Å². The average Bonchev–Trinajstić information content (AvgIpc) is 2.68. The van der Waals surface area contributed by atoms with E-state index in [-0.39, 0.29) is 5.91 Å². The molecule has 0 aliphatic rings. The molecule has 0 spiro atoms. The normalized spacial score (nSPS) is 10.9. The van der Waals surface area contributed by atoms with E-state index < -0.39 is 0 Å². The lowest BCUT2D eigenvalue weighted by molar-refractivity contribution is 0.0955. The summed E-state index contributed by atoms with van der Waals surface area (Å²) in [6.45, 7) is 4.40. The van der Waals surface area contributed by atoms with Gasteiger partial charge in [0, 0.05) is 10.0 Å². The Balaban J connectivity index is 1.70. The Labute approximate surface area is 183 Å². The van der Waals surface area contributed by atoms with E-state index in [1.54, 1.807) is 18.3 Å². The topological polar surface area (TPSA) is 50.7 Å². The van der Waals surface area contributed by atoms with E-state index in [2.05, 4.69) is 26.5 Å². The largest absolute Gasteiger partial charge is 0.488 e. The summed E-state index contributed by atoms with van der Waals surface area (Å²) in [6.07, 6.45) is 1.55. The summed E-state index contributed by atoms with van der Waals surface area (Å²) in [5.41, 5.74) is 6.88. The lowest BCUT2D eigenvalue weighted by atomic mass is 10.1. The molecule has 0 aromatic heterocycles. The standard InChI is InChI=1S/C23H20BrClN2O2/c1-15-3-6-17(7-4-15)14-29-22-10-8-19(24)12-18(22)13-26-27-23(28)20-9-5-16(2)11-21(20)25/h3-13H,14H2,1-2H3,(H,27,28)/b26-13-. The molecule has 0 heterocycles. The molecule has 4 nitrogen and oxygen atoms in total. The van der Waals surface area contributed by atoms with E-state index in [9.17, 15) is 4.79 Å². The van der Waals surface area contributed by atoms with Crippen LogP contribution in [0.1, 0.15) is 32.6 Å². The fraction of sp³-hybridized carbons (Fsp3) is 0.130. The molecule has 1 N–H and O–H groups in total. The van der Waals surface area contributed by atoms with E-state index in [4.69, 9.17) is 16.3 Å². The molecule has 148 valence electrons. The molecule has 0 atom stereocenters. The van der Waals surface area contributed by atoms with Gasteiger partial charge in [0.2, 0.25) is 0 Å². The zero-order valence-corrected chi connectivity index (χ0v) is 18.4. The van der Waals surface area contributed by atoms with Crippen molar-refractivity contribution in [3.8, 4) is 5.75 Å². The monoisotopic (exact) mass is 470 g/mol. The van der Waals surface area contributed by atoms with Crippen molar-refractivity contribution in [3.63, 3.8) is 0 Å². The quantitative estimate of drug-likeness (QED) is 0.351. The predicted molar refractivity (Wildman–Crippen MR) is 121 cm³/mol. The van der Waals surface area contributed by atoms with Crippen LogP contribution in [0.4, 0.5) is 0 Å². The number of aryl methyl sites for hydroxylation is 2. The number of amides is 1.